The molecule has 0 aliphatic carbocycles. The Morgan fingerprint density at radius 2 is 1.04 bits per heavy atom. The Kier molecular flexibility index (Phi) is 30.9. The Balaban J connectivity index is 0.000000253. The summed E-state index contributed by atoms with van der Waals surface area (Å²) in [5.41, 5.74) is 7.50. The van der Waals surface area contributed by atoms with Crippen LogP contribution in [0, 0.1) is 22.7 Å². The average Bonchev–Trinajstić information content (AvgIpc) is 1.60. The number of carbonyl (C=O) groups is 10. The summed E-state index contributed by atoms with van der Waals surface area (Å²) in [6, 6.07) is 44.7. The number of nitrogens with zero attached hydrogens (tertiary/aromatic N) is 10. The van der Waals surface area contributed by atoms with Gasteiger partial charge in [-0.05, 0) is 103 Å². The molecule has 4 amide bonds. The van der Waals surface area contributed by atoms with Gasteiger partial charge in [0.05, 0.1) is 44.6 Å². The number of carbonyl (C=O) groups excluding carboxylic acids is 10. The van der Waals surface area contributed by atoms with Crippen LogP contribution in [-0.2, 0) is 19.2 Å². The molecule has 0 fully saturated rings. The van der Waals surface area contributed by atoms with Gasteiger partial charge >= 0.3 is 0 Å². The van der Waals surface area contributed by atoms with Crippen LogP contribution in [0.3, 0.4) is 0 Å². The highest BCUT2D eigenvalue weighted by Crippen LogP contribution is 2.27. The van der Waals surface area contributed by atoms with Crippen molar-refractivity contribution in [3.63, 3.8) is 0 Å². The molecular formula is C72H73N11O10S3. The van der Waals surface area contributed by atoms with Crippen molar-refractivity contribution >= 4 is 121 Å². The van der Waals surface area contributed by atoms with E-state index in [0.717, 1.165) is 22.6 Å². The molecule has 24 heteroatoms. The summed E-state index contributed by atoms with van der Waals surface area (Å²) in [5.74, 6) is -0.772. The van der Waals surface area contributed by atoms with Crippen molar-refractivity contribution in [2.75, 3.05) is 69.4 Å². The highest BCUT2D eigenvalue weighted by Gasteiger charge is 2.20. The summed E-state index contributed by atoms with van der Waals surface area (Å²) in [4.78, 5) is 128. The molecular weight excluding hydrogens is 1280 g/mol. The molecule has 0 radical (unpaired) electrons. The molecule has 0 unspecified atom stereocenters. The van der Waals surface area contributed by atoms with E-state index >= 15 is 0 Å². The second-order valence-electron chi connectivity index (χ2n) is 21.0. The van der Waals surface area contributed by atoms with Crippen LogP contribution in [-0.4, -0.2) is 132 Å². The van der Waals surface area contributed by atoms with Gasteiger partial charge in [-0.3, -0.25) is 47.9 Å². The van der Waals surface area contributed by atoms with E-state index in [1.807, 2.05) is 78.8 Å². The predicted octanol–water partition coefficient (Wildman–Crippen LogP) is 13.1. The van der Waals surface area contributed by atoms with Crippen LogP contribution < -0.4 is 20.0 Å². The van der Waals surface area contributed by atoms with Gasteiger partial charge in [-0.2, -0.15) is 15.6 Å². The Labute approximate surface area is 570 Å². The maximum absolute atomic E-state index is 12.7. The van der Waals surface area contributed by atoms with E-state index in [0.29, 0.717) is 53.9 Å². The summed E-state index contributed by atoms with van der Waals surface area (Å²) in [5, 5.41) is 29.5. The quantitative estimate of drug-likeness (QED) is 0.0504. The Bertz CT molecular complexity index is 4350. The zero-order valence-electron chi connectivity index (χ0n) is 55.4. The molecule has 5 aromatic heterocycles. The molecule has 0 aliphatic heterocycles. The molecule has 5 heterocycles. The normalized spacial score (nSPS) is 10.2. The average molecular weight is 1350 g/mol. The number of ketones is 6. The number of aromatic nitrogens is 3. The molecule has 0 saturated carbocycles. The third kappa shape index (κ3) is 24.2. The van der Waals surface area contributed by atoms with Crippen LogP contribution in [0.5, 0.6) is 0 Å². The Hall–Kier alpha value is -11.4. The standard InChI is InChI=1S/C20H16N4O2S.C14H18N2O2.C11H13NO2.C10H10N2OS.C10H11NO2.C7H5NOS/c1-13(25)23(2)15-6-3-5-14(11-15)17-8-9-21-20-16(12-22-24(17)20)19(26)18-7-4-10-27-18;1-11(17)16(4)13-7-5-6-12(10-13)14(18)8-9-15(2)3;1-8(13)10-5-4-6-11(7-10)12(3)9(2)14;1-12(2)7-8(6-11)10(13)9-4-3-5-14-9;1-7(12)9-4-3-5-10(6-9)11-8(2)13;8-4-3-6(9)7-2-1-5-10-7/h3-12H,1-2H3;5-10H,1-4H3;4-7H,1-3H3;3-5,7H,1-2H3;3-6H,1-2H3,(H,11,13);1-2,5H,3H2/b;9-8-;;8-7-;;. The van der Waals surface area contributed by atoms with Crippen LogP contribution in [0.4, 0.5) is 22.7 Å². The van der Waals surface area contributed by atoms with Crippen LogP contribution in [0.25, 0.3) is 16.9 Å². The lowest BCUT2D eigenvalue weighted by Gasteiger charge is -2.16. The van der Waals surface area contributed by atoms with Gasteiger partial charge in [0.15, 0.2) is 28.8 Å². The van der Waals surface area contributed by atoms with Gasteiger partial charge in [-0.1, -0.05) is 66.7 Å². The monoisotopic (exact) mass is 1350 g/mol. The second kappa shape index (κ2) is 38.5. The number of hydrogen-bond donors (Lipinski definition) is 1. The van der Waals surface area contributed by atoms with Gasteiger partial charge in [0.25, 0.3) is 0 Å². The molecule has 9 rings (SSSR count). The van der Waals surface area contributed by atoms with Crippen LogP contribution in [0.1, 0.15) is 114 Å². The van der Waals surface area contributed by atoms with Gasteiger partial charge in [0.1, 0.15) is 11.6 Å². The summed E-state index contributed by atoms with van der Waals surface area (Å²) >= 11 is 4.11. The van der Waals surface area contributed by atoms with Crippen LogP contribution in [0.2, 0.25) is 0 Å². The summed E-state index contributed by atoms with van der Waals surface area (Å²) in [6.45, 7) is 8.92. The highest BCUT2D eigenvalue weighted by atomic mass is 32.1. The molecule has 0 spiro atoms. The summed E-state index contributed by atoms with van der Waals surface area (Å²) in [6.07, 6.45) is 7.94. The van der Waals surface area contributed by atoms with Gasteiger partial charge < -0.3 is 29.8 Å². The van der Waals surface area contributed by atoms with Gasteiger partial charge in [-0.25, -0.2) is 9.50 Å². The van der Waals surface area contributed by atoms with Crippen molar-refractivity contribution in [2.45, 2.75) is 48.0 Å². The van der Waals surface area contributed by atoms with Crippen LogP contribution in [0.15, 0.2) is 192 Å². The van der Waals surface area contributed by atoms with E-state index in [9.17, 15) is 47.9 Å². The highest BCUT2D eigenvalue weighted by molar-refractivity contribution is 7.12. The third-order valence-corrected chi connectivity index (χ3v) is 15.8. The fraction of sp³-hybridized carbons (Fsp3) is 0.194. The number of thiophene rings is 3. The minimum Gasteiger partial charge on any atom is -0.383 e. The number of Topliss-reactive ketones (excluding diaryl/α,β-unsaturated/α-hetero) is 4. The first-order valence-electron chi connectivity index (χ1n) is 29.1. The van der Waals surface area contributed by atoms with Gasteiger partial charge in [0, 0.05) is 147 Å². The van der Waals surface area contributed by atoms with Gasteiger partial charge in [-0.15, -0.1) is 34.0 Å². The van der Waals surface area contributed by atoms with Crippen molar-refractivity contribution in [2.24, 2.45) is 0 Å². The number of anilines is 4. The SMILES string of the molecule is CC(=O)N(C)c1cccc(-c2ccnc3c(C(=O)c4cccs4)cnn23)c1.CC(=O)N(C)c1cccc(C(=O)/C=C\N(C)C)c1.CC(=O)Nc1cccc(C(C)=O)c1.CC(=O)c1cccc(N(C)C(C)=O)c1.CN(C)/C=C(/C#N)C(=O)c1cccs1.N#CCC(=O)c1cccs1. The first-order valence-corrected chi connectivity index (χ1v) is 31.8. The molecule has 0 saturated heterocycles. The summed E-state index contributed by atoms with van der Waals surface area (Å²) < 4.78 is 1.66. The van der Waals surface area contributed by atoms with Crippen molar-refractivity contribution in [1.29, 1.82) is 10.5 Å². The minimum absolute atomic E-state index is 0.00352. The van der Waals surface area contributed by atoms with Crippen molar-refractivity contribution in [3.05, 3.63) is 229 Å². The molecule has 21 nitrogen and oxygen atoms in total. The summed E-state index contributed by atoms with van der Waals surface area (Å²) in [7, 11) is 12.4. The maximum atomic E-state index is 12.7. The number of rotatable bonds is 17. The van der Waals surface area contributed by atoms with Gasteiger partial charge in [0.2, 0.25) is 35.2 Å². The second-order valence-corrected chi connectivity index (χ2v) is 23.8. The number of fused-ring (bicyclic) bond motifs is 1. The molecule has 96 heavy (non-hydrogen) atoms. The molecule has 0 atom stereocenters. The van der Waals surface area contributed by atoms with E-state index in [1.165, 1.54) is 97.6 Å². The Morgan fingerprint density at radius 3 is 1.52 bits per heavy atom. The first kappa shape index (κ1) is 77.0. The van der Waals surface area contributed by atoms with E-state index in [-0.39, 0.29) is 70.3 Å². The third-order valence-electron chi connectivity index (χ3n) is 13.1. The van der Waals surface area contributed by atoms with Crippen molar-refractivity contribution < 1.29 is 47.9 Å². The lowest BCUT2D eigenvalue weighted by atomic mass is 10.1. The topological polar surface area (TPSA) is 277 Å². The maximum Gasteiger partial charge on any atom is 0.223 e. The predicted molar refractivity (Wildman–Crippen MR) is 379 cm³/mol. The first-order chi connectivity index (χ1) is 45.6. The fourth-order valence-electron chi connectivity index (χ4n) is 7.90. The number of nitrogens with one attached hydrogen (secondary N) is 1. The number of allylic oxidation sites excluding steroid dienone is 2. The number of amides is 4. The molecule has 1 N–H and O–H groups in total. The molecule has 0 bridgehead atoms. The lowest BCUT2D eigenvalue weighted by molar-refractivity contribution is -0.117. The molecule has 0 aliphatic rings. The minimum atomic E-state index is -0.212. The van der Waals surface area contributed by atoms with Crippen molar-refractivity contribution in [1.82, 2.24) is 24.4 Å². The smallest absolute Gasteiger partial charge is 0.223 e. The number of nitriles is 2. The molecule has 494 valence electrons. The van der Waals surface area contributed by atoms with Crippen LogP contribution >= 0.6 is 34.0 Å². The van der Waals surface area contributed by atoms with E-state index < -0.39 is 0 Å². The molecule has 9 aromatic rings. The van der Waals surface area contributed by atoms with E-state index in [2.05, 4.69) is 15.4 Å². The number of hydrogen-bond acceptors (Lipinski definition) is 19. The zero-order valence-corrected chi connectivity index (χ0v) is 57.8. The lowest BCUT2D eigenvalue weighted by Crippen LogP contribution is -2.22. The zero-order chi connectivity index (χ0) is 71.2. The van der Waals surface area contributed by atoms with Crippen molar-refractivity contribution in [3.8, 4) is 23.4 Å². The van der Waals surface area contributed by atoms with E-state index in [1.54, 1.807) is 176 Å². The molecule has 4 aromatic carbocycles. The largest absolute Gasteiger partial charge is 0.383 e. The fourth-order valence-corrected chi connectivity index (χ4v) is 9.92. The Morgan fingerprint density at radius 1 is 0.552 bits per heavy atom. The van der Waals surface area contributed by atoms with E-state index in [4.69, 9.17) is 10.5 Å². The number of benzene rings is 4.